The Hall–Kier alpha value is -0.910. The summed E-state index contributed by atoms with van der Waals surface area (Å²) < 4.78 is 27.1. The van der Waals surface area contributed by atoms with Crippen molar-refractivity contribution >= 4 is 10.0 Å². The summed E-state index contributed by atoms with van der Waals surface area (Å²) in [5.41, 5.74) is 6.75. The second-order valence-electron chi connectivity index (χ2n) is 5.50. The maximum absolute atomic E-state index is 12.7. The molecule has 0 spiro atoms. The van der Waals surface area contributed by atoms with Crippen LogP contribution in [-0.4, -0.2) is 25.3 Å². The number of nitrogens with zero attached hydrogens (tertiary/aromatic N) is 1. The second kappa shape index (κ2) is 6.24. The summed E-state index contributed by atoms with van der Waals surface area (Å²) in [4.78, 5) is 0.371. The van der Waals surface area contributed by atoms with Crippen molar-refractivity contribution in [2.45, 2.75) is 56.5 Å². The smallest absolute Gasteiger partial charge is 0.243 e. The van der Waals surface area contributed by atoms with E-state index >= 15 is 0 Å². The Kier molecular flexibility index (Phi) is 4.83. The van der Waals surface area contributed by atoms with Crippen LogP contribution < -0.4 is 5.73 Å². The Morgan fingerprint density at radius 2 is 1.80 bits per heavy atom. The Bertz CT molecular complexity index is 531. The van der Waals surface area contributed by atoms with Gasteiger partial charge in [0.2, 0.25) is 10.0 Å². The highest BCUT2D eigenvalue weighted by Crippen LogP contribution is 2.28. The molecule has 0 aliphatic heterocycles. The molecule has 0 aromatic heterocycles. The van der Waals surface area contributed by atoms with Crippen LogP contribution in [0.5, 0.6) is 0 Å². The molecule has 1 saturated carbocycles. The molecule has 1 aliphatic rings. The second-order valence-corrected chi connectivity index (χ2v) is 7.39. The normalized spacial score (nSPS) is 18.6. The van der Waals surface area contributed by atoms with Crippen LogP contribution in [0, 0.1) is 0 Å². The van der Waals surface area contributed by atoms with Gasteiger partial charge in [-0.1, -0.05) is 31.9 Å². The molecule has 1 atom stereocenters. The van der Waals surface area contributed by atoms with E-state index in [0.29, 0.717) is 11.4 Å². The first-order valence-corrected chi connectivity index (χ1v) is 8.78. The van der Waals surface area contributed by atoms with Crippen molar-refractivity contribution in [1.82, 2.24) is 4.31 Å². The third kappa shape index (κ3) is 3.05. The lowest BCUT2D eigenvalue weighted by atomic mass is 10.1. The van der Waals surface area contributed by atoms with Gasteiger partial charge in [0.1, 0.15) is 0 Å². The van der Waals surface area contributed by atoms with Gasteiger partial charge in [-0.15, -0.1) is 0 Å². The minimum absolute atomic E-state index is 0.0798. The fourth-order valence-corrected chi connectivity index (χ4v) is 4.59. The molecule has 0 amide bonds. The van der Waals surface area contributed by atoms with Gasteiger partial charge in [0.15, 0.2) is 0 Å². The lowest BCUT2D eigenvalue weighted by Gasteiger charge is -2.26. The lowest BCUT2D eigenvalue weighted by Crippen LogP contribution is -2.38. The van der Waals surface area contributed by atoms with Crippen LogP contribution in [0.25, 0.3) is 0 Å². The predicted octanol–water partition coefficient (Wildman–Crippen LogP) is 2.66. The molecular formula is C15H24N2O2S. The number of nitrogens with two attached hydrogens (primary N) is 1. The number of hydrogen-bond donors (Lipinski definition) is 1. The third-order valence-corrected chi connectivity index (χ3v) is 6.10. The van der Waals surface area contributed by atoms with Gasteiger partial charge in [0, 0.05) is 18.6 Å². The number of rotatable bonds is 5. The van der Waals surface area contributed by atoms with Gasteiger partial charge in [-0.3, -0.25) is 0 Å². The summed E-state index contributed by atoms with van der Waals surface area (Å²) >= 11 is 0. The monoisotopic (exact) mass is 296 g/mol. The summed E-state index contributed by atoms with van der Waals surface area (Å²) in [5, 5.41) is 0. The Balaban J connectivity index is 2.27. The summed E-state index contributed by atoms with van der Waals surface area (Å²) in [6.07, 6.45) is 4.20. The highest BCUT2D eigenvalue weighted by Gasteiger charge is 2.31. The van der Waals surface area contributed by atoms with Crippen molar-refractivity contribution in [1.29, 1.82) is 0 Å². The van der Waals surface area contributed by atoms with Gasteiger partial charge in [0.25, 0.3) is 0 Å². The first-order chi connectivity index (χ1) is 9.46. The van der Waals surface area contributed by atoms with Crippen molar-refractivity contribution in [3.8, 4) is 0 Å². The maximum Gasteiger partial charge on any atom is 0.243 e. The molecule has 1 aromatic carbocycles. The fraction of sp³-hybridized carbons (Fsp3) is 0.600. The Labute approximate surface area is 122 Å². The first-order valence-electron chi connectivity index (χ1n) is 7.34. The van der Waals surface area contributed by atoms with E-state index in [2.05, 4.69) is 0 Å². The molecule has 0 heterocycles. The first kappa shape index (κ1) is 15.5. The van der Waals surface area contributed by atoms with Crippen molar-refractivity contribution < 1.29 is 8.42 Å². The quantitative estimate of drug-likeness (QED) is 0.908. The van der Waals surface area contributed by atoms with Crippen molar-refractivity contribution in [3.63, 3.8) is 0 Å². The average Bonchev–Trinajstić information content (AvgIpc) is 2.93. The number of benzene rings is 1. The minimum atomic E-state index is -3.38. The fourth-order valence-electron chi connectivity index (χ4n) is 2.90. The van der Waals surface area contributed by atoms with E-state index in [1.807, 2.05) is 13.8 Å². The van der Waals surface area contributed by atoms with Crippen LogP contribution >= 0.6 is 0 Å². The van der Waals surface area contributed by atoms with Gasteiger partial charge in [0.05, 0.1) is 4.90 Å². The van der Waals surface area contributed by atoms with Gasteiger partial charge in [-0.05, 0) is 37.5 Å². The van der Waals surface area contributed by atoms with E-state index in [0.717, 1.165) is 31.2 Å². The van der Waals surface area contributed by atoms with Crippen LogP contribution in [0.4, 0.5) is 0 Å². The summed E-state index contributed by atoms with van der Waals surface area (Å²) in [5.74, 6) is 0. The van der Waals surface area contributed by atoms with E-state index in [1.165, 1.54) is 0 Å². The van der Waals surface area contributed by atoms with Crippen molar-refractivity contribution in [2.24, 2.45) is 5.73 Å². The van der Waals surface area contributed by atoms with Crippen LogP contribution in [0.2, 0.25) is 0 Å². The molecule has 2 N–H and O–H groups in total. The molecule has 5 heteroatoms. The van der Waals surface area contributed by atoms with E-state index in [-0.39, 0.29) is 12.1 Å². The molecular weight excluding hydrogens is 272 g/mol. The van der Waals surface area contributed by atoms with E-state index in [9.17, 15) is 8.42 Å². The van der Waals surface area contributed by atoms with Crippen LogP contribution in [0.3, 0.4) is 0 Å². The molecule has 20 heavy (non-hydrogen) atoms. The molecule has 112 valence electrons. The van der Waals surface area contributed by atoms with Crippen LogP contribution in [0.15, 0.2) is 29.2 Å². The maximum atomic E-state index is 12.7. The minimum Gasteiger partial charge on any atom is -0.324 e. The molecule has 2 rings (SSSR count). The lowest BCUT2D eigenvalue weighted by molar-refractivity contribution is 0.335. The Morgan fingerprint density at radius 1 is 1.25 bits per heavy atom. The van der Waals surface area contributed by atoms with Gasteiger partial charge in [-0.2, -0.15) is 4.31 Å². The van der Waals surface area contributed by atoms with Gasteiger partial charge < -0.3 is 5.73 Å². The summed E-state index contributed by atoms with van der Waals surface area (Å²) in [6, 6.07) is 7.04. The average molecular weight is 296 g/mol. The molecule has 4 nitrogen and oxygen atoms in total. The zero-order valence-electron chi connectivity index (χ0n) is 12.2. The zero-order valence-corrected chi connectivity index (χ0v) is 13.1. The number of sulfonamides is 1. The van der Waals surface area contributed by atoms with Gasteiger partial charge >= 0.3 is 0 Å². The highest BCUT2D eigenvalue weighted by atomic mass is 32.2. The summed E-state index contributed by atoms with van der Waals surface area (Å²) in [6.45, 7) is 4.33. The summed E-state index contributed by atoms with van der Waals surface area (Å²) in [7, 11) is -3.38. The van der Waals surface area contributed by atoms with Crippen molar-refractivity contribution in [3.05, 3.63) is 29.8 Å². The van der Waals surface area contributed by atoms with E-state index in [4.69, 9.17) is 5.73 Å². The van der Waals surface area contributed by atoms with Crippen molar-refractivity contribution in [2.75, 3.05) is 6.54 Å². The van der Waals surface area contributed by atoms with E-state index < -0.39 is 10.0 Å². The molecule has 0 saturated heterocycles. The molecule has 0 radical (unpaired) electrons. The number of hydrogen-bond acceptors (Lipinski definition) is 3. The zero-order chi connectivity index (χ0) is 14.8. The third-order valence-electron chi connectivity index (χ3n) is 4.06. The SMILES string of the molecule is CCN(C1CCCC1)S(=O)(=O)c1ccc(C(C)N)cc1. The molecule has 1 aliphatic carbocycles. The Morgan fingerprint density at radius 3 is 2.25 bits per heavy atom. The predicted molar refractivity (Wildman–Crippen MR) is 80.9 cm³/mol. The topological polar surface area (TPSA) is 63.4 Å². The van der Waals surface area contributed by atoms with Gasteiger partial charge in [-0.25, -0.2) is 8.42 Å². The molecule has 1 aromatic rings. The molecule has 1 unspecified atom stereocenters. The molecule has 0 bridgehead atoms. The van der Waals surface area contributed by atoms with Crippen LogP contribution in [0.1, 0.15) is 51.1 Å². The largest absolute Gasteiger partial charge is 0.324 e. The van der Waals surface area contributed by atoms with Crippen LogP contribution in [-0.2, 0) is 10.0 Å². The van der Waals surface area contributed by atoms with E-state index in [1.54, 1.807) is 28.6 Å². The molecule has 1 fully saturated rings. The standard InChI is InChI=1S/C15H24N2O2S/c1-3-17(14-6-4-5-7-14)20(18,19)15-10-8-13(9-11-15)12(2)16/h8-12,14H,3-7,16H2,1-2H3. The highest BCUT2D eigenvalue weighted by molar-refractivity contribution is 7.89.